The van der Waals surface area contributed by atoms with Crippen LogP contribution in [0.5, 0.6) is 11.5 Å². The van der Waals surface area contributed by atoms with E-state index in [1.807, 2.05) is 54.6 Å². The molecule has 1 amide bonds. The van der Waals surface area contributed by atoms with Gasteiger partial charge >= 0.3 is 0 Å². The van der Waals surface area contributed by atoms with Crippen LogP contribution in [0.25, 0.3) is 0 Å². The van der Waals surface area contributed by atoms with E-state index in [1.165, 1.54) is 24.4 Å². The molecule has 3 aromatic rings. The zero-order chi connectivity index (χ0) is 20.5. The lowest BCUT2D eigenvalue weighted by Gasteiger charge is -2.02. The van der Waals surface area contributed by atoms with Crippen LogP contribution in [-0.2, 0) is 0 Å². The second-order valence-corrected chi connectivity index (χ2v) is 6.30. The van der Waals surface area contributed by atoms with Gasteiger partial charge in [0.05, 0.1) is 11.2 Å². The predicted molar refractivity (Wildman–Crippen MR) is 113 cm³/mol. The predicted octanol–water partition coefficient (Wildman–Crippen LogP) is 4.24. The maximum Gasteiger partial charge on any atom is 0.271 e. The van der Waals surface area contributed by atoms with Gasteiger partial charge in [-0.15, -0.1) is 0 Å². The lowest BCUT2D eigenvalue weighted by Crippen LogP contribution is -2.17. The average Bonchev–Trinajstić information content (AvgIpc) is 2.75. The van der Waals surface area contributed by atoms with E-state index in [-0.39, 0.29) is 10.8 Å². The third-order valence-corrected chi connectivity index (χ3v) is 4.09. The Morgan fingerprint density at radius 1 is 1.10 bits per heavy atom. The number of ether oxygens (including phenoxy) is 1. The molecular formula is C23H17ClN2O3. The van der Waals surface area contributed by atoms with Crippen molar-refractivity contribution in [2.75, 3.05) is 6.61 Å². The van der Waals surface area contributed by atoms with Crippen LogP contribution in [0, 0.1) is 11.8 Å². The molecule has 0 saturated heterocycles. The summed E-state index contributed by atoms with van der Waals surface area (Å²) in [6.45, 7) is 0.306. The van der Waals surface area contributed by atoms with Gasteiger partial charge in [-0.05, 0) is 48.0 Å². The van der Waals surface area contributed by atoms with Crippen molar-refractivity contribution < 1.29 is 14.6 Å². The van der Waals surface area contributed by atoms with E-state index < -0.39 is 5.91 Å². The van der Waals surface area contributed by atoms with Gasteiger partial charge in [-0.25, -0.2) is 5.43 Å². The molecule has 0 spiro atoms. The molecule has 2 N–H and O–H groups in total. The molecule has 3 aromatic carbocycles. The molecule has 3 rings (SSSR count). The summed E-state index contributed by atoms with van der Waals surface area (Å²) < 4.78 is 5.52. The number of carbonyl (C=O) groups excluding carboxylic acids is 1. The van der Waals surface area contributed by atoms with Crippen LogP contribution in [0.15, 0.2) is 77.9 Å². The molecular weight excluding hydrogens is 388 g/mol. The monoisotopic (exact) mass is 404 g/mol. The molecule has 0 aliphatic heterocycles. The molecule has 0 aliphatic carbocycles. The Hall–Kier alpha value is -3.75. The number of carbonyl (C=O) groups is 1. The third-order valence-electron chi connectivity index (χ3n) is 3.79. The quantitative estimate of drug-likeness (QED) is 0.379. The SMILES string of the molecule is O=C(N/N=C/c1ccc(C#CCOc2ccccc2)cc1)c1ccc(O)c(Cl)c1. The highest BCUT2D eigenvalue weighted by molar-refractivity contribution is 6.32. The highest BCUT2D eigenvalue weighted by Gasteiger charge is 2.07. The van der Waals surface area contributed by atoms with E-state index >= 15 is 0 Å². The van der Waals surface area contributed by atoms with Crippen molar-refractivity contribution in [1.82, 2.24) is 5.43 Å². The van der Waals surface area contributed by atoms with E-state index in [0.717, 1.165) is 16.9 Å². The fourth-order valence-electron chi connectivity index (χ4n) is 2.30. The summed E-state index contributed by atoms with van der Waals surface area (Å²) >= 11 is 5.79. The minimum absolute atomic E-state index is 0.0819. The molecule has 144 valence electrons. The number of benzene rings is 3. The summed E-state index contributed by atoms with van der Waals surface area (Å²) in [5.74, 6) is 6.26. The third kappa shape index (κ3) is 6.13. The van der Waals surface area contributed by atoms with Crippen molar-refractivity contribution in [2.24, 2.45) is 5.10 Å². The number of halogens is 1. The molecule has 0 atom stereocenters. The standard InChI is InChI=1S/C23H17ClN2O3/c24-21-15-19(12-13-22(21)27)23(28)26-25-16-18-10-8-17(9-11-18)5-4-14-29-20-6-2-1-3-7-20/h1-3,6-13,15-16,27H,14H2,(H,26,28)/b25-16+. The Balaban J connectivity index is 1.50. The average molecular weight is 405 g/mol. The number of phenolic OH excluding ortho intramolecular Hbond substituents is 1. The minimum Gasteiger partial charge on any atom is -0.506 e. The molecule has 0 aliphatic rings. The van der Waals surface area contributed by atoms with Crippen LogP contribution in [0.3, 0.4) is 0 Å². The number of phenols is 1. The first-order valence-electron chi connectivity index (χ1n) is 8.70. The molecule has 6 heteroatoms. The van der Waals surface area contributed by atoms with Crippen LogP contribution in [0.1, 0.15) is 21.5 Å². The second kappa shape index (κ2) is 9.98. The number of hydrogen-bond acceptors (Lipinski definition) is 4. The number of nitrogens with one attached hydrogen (secondary N) is 1. The van der Waals surface area contributed by atoms with Gasteiger partial charge < -0.3 is 9.84 Å². The van der Waals surface area contributed by atoms with Crippen LogP contribution >= 0.6 is 11.6 Å². The van der Waals surface area contributed by atoms with E-state index in [0.29, 0.717) is 12.2 Å². The van der Waals surface area contributed by atoms with Crippen LogP contribution in [-0.4, -0.2) is 23.8 Å². The normalized spacial score (nSPS) is 10.2. The van der Waals surface area contributed by atoms with E-state index in [1.54, 1.807) is 0 Å². The Morgan fingerprint density at radius 3 is 2.59 bits per heavy atom. The zero-order valence-corrected chi connectivity index (χ0v) is 16.1. The lowest BCUT2D eigenvalue weighted by atomic mass is 10.1. The van der Waals surface area contributed by atoms with Gasteiger partial charge in [0.15, 0.2) is 0 Å². The number of aromatic hydroxyl groups is 1. The second-order valence-electron chi connectivity index (χ2n) is 5.89. The fraction of sp³-hybridized carbons (Fsp3) is 0.0435. The summed E-state index contributed by atoms with van der Waals surface area (Å²) in [7, 11) is 0. The van der Waals surface area contributed by atoms with Gasteiger partial charge in [0.2, 0.25) is 0 Å². The molecule has 0 aromatic heterocycles. The Labute approximate surface area is 173 Å². The number of hydrazone groups is 1. The van der Waals surface area contributed by atoms with Gasteiger partial charge in [-0.2, -0.15) is 5.10 Å². The molecule has 29 heavy (non-hydrogen) atoms. The molecule has 5 nitrogen and oxygen atoms in total. The topological polar surface area (TPSA) is 70.9 Å². The summed E-state index contributed by atoms with van der Waals surface area (Å²) in [6.07, 6.45) is 1.52. The lowest BCUT2D eigenvalue weighted by molar-refractivity contribution is 0.0955. The summed E-state index contributed by atoms with van der Waals surface area (Å²) in [4.78, 5) is 12.0. The molecule has 0 unspecified atom stereocenters. The van der Waals surface area contributed by atoms with E-state index in [2.05, 4.69) is 22.4 Å². The number of nitrogens with zero attached hydrogens (tertiary/aromatic N) is 1. The Kier molecular flexibility index (Phi) is 6.88. The first-order chi connectivity index (χ1) is 14.1. The highest BCUT2D eigenvalue weighted by atomic mass is 35.5. The van der Waals surface area contributed by atoms with Crippen LogP contribution in [0.2, 0.25) is 5.02 Å². The number of para-hydroxylation sites is 1. The zero-order valence-electron chi connectivity index (χ0n) is 15.3. The van der Waals surface area contributed by atoms with Gasteiger partial charge in [0, 0.05) is 11.1 Å². The smallest absolute Gasteiger partial charge is 0.271 e. The number of amides is 1. The maximum absolute atomic E-state index is 12.0. The first-order valence-corrected chi connectivity index (χ1v) is 9.08. The van der Waals surface area contributed by atoms with Gasteiger partial charge in [-0.3, -0.25) is 4.79 Å². The summed E-state index contributed by atoms with van der Waals surface area (Å²) in [5, 5.41) is 13.4. The van der Waals surface area contributed by atoms with Crippen molar-refractivity contribution >= 4 is 23.7 Å². The molecule has 0 radical (unpaired) electrons. The molecule has 0 fully saturated rings. The first kappa shape index (κ1) is 20.0. The number of rotatable bonds is 5. The number of hydrogen-bond donors (Lipinski definition) is 2. The maximum atomic E-state index is 12.0. The highest BCUT2D eigenvalue weighted by Crippen LogP contribution is 2.23. The van der Waals surface area contributed by atoms with E-state index in [4.69, 9.17) is 16.3 Å². The van der Waals surface area contributed by atoms with Crippen molar-refractivity contribution in [3.05, 3.63) is 94.5 Å². The van der Waals surface area contributed by atoms with Gasteiger partial charge in [-0.1, -0.05) is 53.8 Å². The summed E-state index contributed by atoms with van der Waals surface area (Å²) in [5.41, 5.74) is 4.37. The minimum atomic E-state index is -0.427. The van der Waals surface area contributed by atoms with Crippen LogP contribution < -0.4 is 10.2 Å². The molecule has 0 bridgehead atoms. The molecule has 0 heterocycles. The molecule has 0 saturated carbocycles. The largest absolute Gasteiger partial charge is 0.506 e. The van der Waals surface area contributed by atoms with E-state index in [9.17, 15) is 9.90 Å². The Morgan fingerprint density at radius 2 is 1.86 bits per heavy atom. The van der Waals surface area contributed by atoms with Crippen molar-refractivity contribution in [3.8, 4) is 23.3 Å². The van der Waals surface area contributed by atoms with Crippen molar-refractivity contribution in [1.29, 1.82) is 0 Å². The van der Waals surface area contributed by atoms with Crippen LogP contribution in [0.4, 0.5) is 0 Å². The fourth-order valence-corrected chi connectivity index (χ4v) is 2.49. The van der Waals surface area contributed by atoms with Gasteiger partial charge in [0.25, 0.3) is 5.91 Å². The van der Waals surface area contributed by atoms with Gasteiger partial charge in [0.1, 0.15) is 18.1 Å². The van der Waals surface area contributed by atoms with Crippen molar-refractivity contribution in [3.63, 3.8) is 0 Å². The summed E-state index contributed by atoms with van der Waals surface area (Å²) in [6, 6.07) is 21.1. The Bertz CT molecular complexity index is 1070. The van der Waals surface area contributed by atoms with Crippen molar-refractivity contribution in [2.45, 2.75) is 0 Å².